The number of nitrogens with zero attached hydrogens (tertiary/aromatic N) is 1. The van der Waals surface area contributed by atoms with Gasteiger partial charge in [-0.2, -0.15) is 0 Å². The summed E-state index contributed by atoms with van der Waals surface area (Å²) >= 11 is 0. The molecule has 2 aromatic rings. The number of hydrogen-bond acceptors (Lipinski definition) is 1. The van der Waals surface area contributed by atoms with Gasteiger partial charge in [0, 0.05) is 11.6 Å². The Morgan fingerprint density at radius 1 is 1.03 bits per heavy atom. The van der Waals surface area contributed by atoms with Crippen molar-refractivity contribution in [2.24, 2.45) is 17.3 Å². The Morgan fingerprint density at radius 3 is 2.34 bits per heavy atom. The normalized spacial score (nSPS) is 21.0. The van der Waals surface area contributed by atoms with Crippen LogP contribution in [0.4, 0.5) is 0 Å². The zero-order valence-corrected chi connectivity index (χ0v) is 23.4. The Labute approximate surface area is 215 Å². The van der Waals surface area contributed by atoms with Gasteiger partial charge in [-0.15, -0.1) is 0 Å². The fourth-order valence-electron chi connectivity index (χ4n) is 6.06. The number of rotatable bonds is 7. The summed E-state index contributed by atoms with van der Waals surface area (Å²) in [6.45, 7) is 13.9. The van der Waals surface area contributed by atoms with Crippen LogP contribution in [-0.4, -0.2) is 4.98 Å². The quantitative estimate of drug-likeness (QED) is 0.366. The molecule has 4 rings (SSSR count). The highest BCUT2D eigenvalue weighted by Gasteiger charge is 2.37. The molecule has 1 aromatic heterocycles. The lowest BCUT2D eigenvalue weighted by Crippen LogP contribution is -2.29. The van der Waals surface area contributed by atoms with Gasteiger partial charge in [-0.05, 0) is 66.9 Å². The number of fused-ring (bicyclic) bond motifs is 1. The average Bonchev–Trinajstić information content (AvgIpc) is 2.88. The Morgan fingerprint density at radius 2 is 1.74 bits per heavy atom. The summed E-state index contributed by atoms with van der Waals surface area (Å²) in [5.41, 5.74) is 5.75. The maximum absolute atomic E-state index is 4.91. The van der Waals surface area contributed by atoms with Gasteiger partial charge in [0.1, 0.15) is 0 Å². The van der Waals surface area contributed by atoms with Gasteiger partial charge in [0.05, 0.1) is 5.69 Å². The van der Waals surface area contributed by atoms with Crippen LogP contribution in [0.25, 0.3) is 16.3 Å². The van der Waals surface area contributed by atoms with Crippen LogP contribution in [0.3, 0.4) is 0 Å². The van der Waals surface area contributed by atoms with E-state index in [4.69, 9.17) is 4.98 Å². The molecule has 1 fully saturated rings. The molecule has 2 aliphatic rings. The van der Waals surface area contributed by atoms with E-state index >= 15 is 0 Å². The van der Waals surface area contributed by atoms with Crippen LogP contribution < -0.4 is 0 Å². The first-order valence-corrected chi connectivity index (χ1v) is 14.3. The second-order valence-corrected chi connectivity index (χ2v) is 11.2. The van der Waals surface area contributed by atoms with E-state index in [1.165, 1.54) is 66.9 Å². The van der Waals surface area contributed by atoms with Gasteiger partial charge in [-0.25, -0.2) is 0 Å². The van der Waals surface area contributed by atoms with Crippen LogP contribution in [0, 0.1) is 17.3 Å². The minimum atomic E-state index is 0.158. The van der Waals surface area contributed by atoms with E-state index in [9.17, 15) is 0 Å². The zero-order valence-electron chi connectivity index (χ0n) is 23.4. The molecule has 0 amide bonds. The molecule has 0 N–H and O–H groups in total. The molecule has 1 aromatic carbocycles. The molecule has 1 nitrogen and oxygen atoms in total. The van der Waals surface area contributed by atoms with Gasteiger partial charge in [0.25, 0.3) is 0 Å². The standard InChI is InChI=1S/C27H35N.C7H14/c1-6-9-15-27(5,14-7-2)25-17-21(8-3)20(4)16-24(25)26-18-22-12-10-11-13-23(22)19-28-26;1-7-5-3-2-4-6-7/h9-13,15-16,18-19,25H,6-8,14,17H2,1-5H3;7H,2-6H2,1H3. The van der Waals surface area contributed by atoms with E-state index < -0.39 is 0 Å². The summed E-state index contributed by atoms with van der Waals surface area (Å²) in [6, 6.07) is 10.8. The second-order valence-electron chi connectivity index (χ2n) is 11.2. The predicted molar refractivity (Wildman–Crippen MR) is 156 cm³/mol. The topological polar surface area (TPSA) is 12.9 Å². The molecule has 0 saturated heterocycles. The second kappa shape index (κ2) is 13.2. The van der Waals surface area contributed by atoms with Gasteiger partial charge in [-0.1, -0.05) is 127 Å². The fourth-order valence-corrected chi connectivity index (χ4v) is 6.06. The molecule has 2 atom stereocenters. The van der Waals surface area contributed by atoms with E-state index in [-0.39, 0.29) is 5.41 Å². The zero-order chi connectivity index (χ0) is 25.3. The van der Waals surface area contributed by atoms with Crippen molar-refractivity contribution in [1.82, 2.24) is 4.98 Å². The summed E-state index contributed by atoms with van der Waals surface area (Å²) in [7, 11) is 0. The summed E-state index contributed by atoms with van der Waals surface area (Å²) < 4.78 is 0. The number of benzene rings is 1. The van der Waals surface area contributed by atoms with Crippen molar-refractivity contribution in [2.75, 3.05) is 0 Å². The molecule has 35 heavy (non-hydrogen) atoms. The molecular weight excluding hydrogens is 422 g/mol. The Bertz CT molecular complexity index is 1030. The first-order chi connectivity index (χ1) is 16.9. The molecule has 0 radical (unpaired) electrons. The lowest BCUT2D eigenvalue weighted by Gasteiger charge is -2.40. The molecule has 1 heteroatoms. The van der Waals surface area contributed by atoms with Crippen LogP contribution >= 0.6 is 0 Å². The van der Waals surface area contributed by atoms with Crippen LogP contribution in [0.5, 0.6) is 0 Å². The highest BCUT2D eigenvalue weighted by molar-refractivity contribution is 5.85. The number of aromatic nitrogens is 1. The molecule has 1 saturated carbocycles. The molecule has 2 aliphatic carbocycles. The van der Waals surface area contributed by atoms with Crippen molar-refractivity contribution >= 4 is 16.3 Å². The van der Waals surface area contributed by atoms with Crippen LogP contribution in [-0.2, 0) is 0 Å². The van der Waals surface area contributed by atoms with Gasteiger partial charge < -0.3 is 0 Å². The van der Waals surface area contributed by atoms with Gasteiger partial charge in [0.15, 0.2) is 0 Å². The first kappa shape index (κ1) is 27.4. The average molecular weight is 472 g/mol. The summed E-state index contributed by atoms with van der Waals surface area (Å²) in [5, 5.41) is 2.49. The van der Waals surface area contributed by atoms with Crippen molar-refractivity contribution in [3.8, 4) is 0 Å². The third-order valence-electron chi connectivity index (χ3n) is 8.32. The molecule has 0 bridgehead atoms. The third-order valence-corrected chi connectivity index (χ3v) is 8.32. The summed E-state index contributed by atoms with van der Waals surface area (Å²) in [6.07, 6.45) is 22.5. The van der Waals surface area contributed by atoms with Gasteiger partial charge in [0.2, 0.25) is 0 Å². The summed E-state index contributed by atoms with van der Waals surface area (Å²) in [5.74, 6) is 1.51. The number of pyridine rings is 1. The number of allylic oxidation sites excluding steroid dienone is 6. The van der Waals surface area contributed by atoms with Crippen molar-refractivity contribution < 1.29 is 0 Å². The monoisotopic (exact) mass is 471 g/mol. The van der Waals surface area contributed by atoms with Crippen LogP contribution in [0.1, 0.15) is 111 Å². The lowest BCUT2D eigenvalue weighted by atomic mass is 9.64. The maximum atomic E-state index is 4.91. The third kappa shape index (κ3) is 7.18. The largest absolute Gasteiger partial charge is 0.256 e. The Balaban J connectivity index is 0.000000420. The Hall–Kier alpha value is -2.15. The van der Waals surface area contributed by atoms with Crippen LogP contribution in [0.15, 0.2) is 65.9 Å². The van der Waals surface area contributed by atoms with E-state index in [0.29, 0.717) is 5.92 Å². The highest BCUT2D eigenvalue weighted by atomic mass is 14.7. The minimum absolute atomic E-state index is 0.158. The number of hydrogen-bond donors (Lipinski definition) is 0. The Kier molecular flexibility index (Phi) is 10.4. The minimum Gasteiger partial charge on any atom is -0.256 e. The highest BCUT2D eigenvalue weighted by Crippen LogP contribution is 2.49. The molecule has 0 aliphatic heterocycles. The molecule has 0 spiro atoms. The lowest BCUT2D eigenvalue weighted by molar-refractivity contribution is 0.284. The molecule has 190 valence electrons. The van der Waals surface area contributed by atoms with Crippen molar-refractivity contribution in [2.45, 2.75) is 106 Å². The van der Waals surface area contributed by atoms with Crippen molar-refractivity contribution in [3.05, 3.63) is 71.6 Å². The van der Waals surface area contributed by atoms with E-state index in [1.807, 2.05) is 6.20 Å². The molecule has 2 unspecified atom stereocenters. The summed E-state index contributed by atoms with van der Waals surface area (Å²) in [4.78, 5) is 4.91. The molecule has 1 heterocycles. The van der Waals surface area contributed by atoms with E-state index in [2.05, 4.69) is 90.1 Å². The van der Waals surface area contributed by atoms with Crippen molar-refractivity contribution in [1.29, 1.82) is 0 Å². The fraction of sp³-hybridized carbons (Fsp3) is 0.559. The van der Waals surface area contributed by atoms with Crippen LogP contribution in [0.2, 0.25) is 0 Å². The van der Waals surface area contributed by atoms with E-state index in [1.54, 1.807) is 5.57 Å². The SMILES string of the molecule is CC1CCCCC1.CCC=CC(C)(CCC)C1CC(CC)=C(C)C=C1c1cc2ccccc2cn1. The predicted octanol–water partition coefficient (Wildman–Crippen LogP) is 10.7. The first-order valence-electron chi connectivity index (χ1n) is 14.3. The van der Waals surface area contributed by atoms with Gasteiger partial charge >= 0.3 is 0 Å². The van der Waals surface area contributed by atoms with E-state index in [0.717, 1.165) is 30.9 Å². The molecular formula is C34H49N. The van der Waals surface area contributed by atoms with Gasteiger partial charge in [-0.3, -0.25) is 4.98 Å². The smallest absolute Gasteiger partial charge is 0.0671 e. The van der Waals surface area contributed by atoms with Crippen molar-refractivity contribution in [3.63, 3.8) is 0 Å². The maximum Gasteiger partial charge on any atom is 0.0671 e.